The third-order valence-electron chi connectivity index (χ3n) is 3.67. The number of hydrogen-bond donors (Lipinski definition) is 1. The third-order valence-corrected chi connectivity index (χ3v) is 4.10. The molecule has 1 fully saturated rings. The predicted molar refractivity (Wildman–Crippen MR) is 84.7 cm³/mol. The highest BCUT2D eigenvalue weighted by atomic mass is 79.9. The summed E-state index contributed by atoms with van der Waals surface area (Å²) in [6.07, 6.45) is 3.05. The Morgan fingerprint density at radius 1 is 1.39 bits per heavy atom. The van der Waals surface area contributed by atoms with Crippen molar-refractivity contribution in [2.24, 2.45) is 0 Å². The van der Waals surface area contributed by atoms with Crippen molar-refractivity contribution in [2.45, 2.75) is 32.2 Å². The monoisotopic (exact) mass is 386 g/mol. The molecule has 2 amide bonds. The smallest absolute Gasteiger partial charge is 0.325 e. The van der Waals surface area contributed by atoms with Crippen LogP contribution in [-0.4, -0.2) is 48.4 Å². The lowest BCUT2D eigenvalue weighted by atomic mass is 10.0. The van der Waals surface area contributed by atoms with Crippen LogP contribution in [0.5, 0.6) is 0 Å². The number of piperidine rings is 1. The van der Waals surface area contributed by atoms with E-state index in [9.17, 15) is 14.4 Å². The predicted octanol–water partition coefficient (Wildman–Crippen LogP) is 1.72. The Balaban J connectivity index is 1.70. The molecule has 1 aliphatic rings. The molecule has 1 aromatic heterocycles. The van der Waals surface area contributed by atoms with Gasteiger partial charge in [0, 0.05) is 12.6 Å². The summed E-state index contributed by atoms with van der Waals surface area (Å²) in [6.45, 7) is 2.06. The standard InChI is InChI=1S/C15H19BrN2O5/c1-10-4-2-3-7-18(10)13(19)9-22-14(20)8-17-15(21)11-5-6-12(16)23-11/h5-6,10H,2-4,7-9H2,1H3,(H,17,21)/t10-/m1/s1. The number of ether oxygens (including phenoxy) is 1. The Bertz CT molecular complexity index is 586. The van der Waals surface area contributed by atoms with Crippen molar-refractivity contribution in [3.63, 3.8) is 0 Å². The quantitative estimate of drug-likeness (QED) is 0.778. The molecule has 7 nitrogen and oxygen atoms in total. The maximum absolute atomic E-state index is 12.0. The van der Waals surface area contributed by atoms with Gasteiger partial charge in [0.25, 0.3) is 11.8 Å². The molecule has 1 saturated heterocycles. The van der Waals surface area contributed by atoms with Crippen molar-refractivity contribution in [1.29, 1.82) is 0 Å². The second kappa shape index (κ2) is 8.14. The van der Waals surface area contributed by atoms with E-state index < -0.39 is 11.9 Å². The zero-order valence-electron chi connectivity index (χ0n) is 12.8. The molecule has 0 spiro atoms. The van der Waals surface area contributed by atoms with E-state index in [4.69, 9.17) is 9.15 Å². The van der Waals surface area contributed by atoms with E-state index in [0.717, 1.165) is 19.3 Å². The van der Waals surface area contributed by atoms with E-state index in [1.807, 2.05) is 6.92 Å². The minimum absolute atomic E-state index is 0.0860. The maximum Gasteiger partial charge on any atom is 0.325 e. The highest BCUT2D eigenvalue weighted by Gasteiger charge is 2.24. The van der Waals surface area contributed by atoms with E-state index in [2.05, 4.69) is 21.2 Å². The number of rotatable bonds is 5. The summed E-state index contributed by atoms with van der Waals surface area (Å²) in [7, 11) is 0. The summed E-state index contributed by atoms with van der Waals surface area (Å²) in [5, 5.41) is 2.37. The SMILES string of the molecule is C[C@@H]1CCCCN1C(=O)COC(=O)CNC(=O)c1ccc(Br)o1. The van der Waals surface area contributed by atoms with Gasteiger partial charge in [-0.3, -0.25) is 14.4 Å². The van der Waals surface area contributed by atoms with Crippen LogP contribution in [0.3, 0.4) is 0 Å². The van der Waals surface area contributed by atoms with E-state index in [-0.39, 0.29) is 30.9 Å². The molecule has 2 rings (SSSR count). The number of likely N-dealkylation sites (tertiary alicyclic amines) is 1. The average molecular weight is 387 g/mol. The number of hydrogen-bond acceptors (Lipinski definition) is 5. The first-order valence-electron chi connectivity index (χ1n) is 7.46. The molecule has 0 saturated carbocycles. The van der Waals surface area contributed by atoms with Gasteiger partial charge in [-0.15, -0.1) is 0 Å². The molecular weight excluding hydrogens is 368 g/mol. The molecule has 0 aromatic carbocycles. The summed E-state index contributed by atoms with van der Waals surface area (Å²) in [6, 6.07) is 3.23. The number of carbonyl (C=O) groups is 3. The summed E-state index contributed by atoms with van der Waals surface area (Å²) in [5.74, 6) is -1.31. The maximum atomic E-state index is 12.0. The van der Waals surface area contributed by atoms with Crippen molar-refractivity contribution in [2.75, 3.05) is 19.7 Å². The molecule has 0 radical (unpaired) electrons. The summed E-state index contributed by atoms with van der Waals surface area (Å²) in [4.78, 5) is 37.0. The Morgan fingerprint density at radius 2 is 2.17 bits per heavy atom. The van der Waals surface area contributed by atoms with E-state index in [0.29, 0.717) is 11.2 Å². The molecule has 0 bridgehead atoms. The Kier molecular flexibility index (Phi) is 6.20. The van der Waals surface area contributed by atoms with Crippen molar-refractivity contribution < 1.29 is 23.5 Å². The first-order valence-corrected chi connectivity index (χ1v) is 8.25. The van der Waals surface area contributed by atoms with Crippen LogP contribution in [0, 0.1) is 0 Å². The van der Waals surface area contributed by atoms with Crippen LogP contribution >= 0.6 is 15.9 Å². The van der Waals surface area contributed by atoms with Crippen LogP contribution in [0.1, 0.15) is 36.7 Å². The lowest BCUT2D eigenvalue weighted by Crippen LogP contribution is -2.44. The van der Waals surface area contributed by atoms with Crippen LogP contribution in [-0.2, 0) is 14.3 Å². The van der Waals surface area contributed by atoms with Gasteiger partial charge in [0.1, 0.15) is 6.54 Å². The number of carbonyl (C=O) groups excluding carboxylic acids is 3. The van der Waals surface area contributed by atoms with Crippen molar-refractivity contribution in [1.82, 2.24) is 10.2 Å². The van der Waals surface area contributed by atoms with Gasteiger partial charge in [-0.05, 0) is 54.2 Å². The molecule has 1 atom stereocenters. The Labute approximate surface area is 142 Å². The Hall–Kier alpha value is -1.83. The highest BCUT2D eigenvalue weighted by Crippen LogP contribution is 2.16. The van der Waals surface area contributed by atoms with Crippen LogP contribution < -0.4 is 5.32 Å². The number of furan rings is 1. The zero-order chi connectivity index (χ0) is 16.8. The van der Waals surface area contributed by atoms with Gasteiger partial charge in [0.05, 0.1) is 0 Å². The van der Waals surface area contributed by atoms with Gasteiger partial charge in [-0.25, -0.2) is 0 Å². The van der Waals surface area contributed by atoms with Crippen LogP contribution in [0.2, 0.25) is 0 Å². The van der Waals surface area contributed by atoms with Gasteiger partial charge >= 0.3 is 5.97 Å². The van der Waals surface area contributed by atoms with Gasteiger partial charge in [0.2, 0.25) is 0 Å². The number of nitrogens with zero attached hydrogens (tertiary/aromatic N) is 1. The second-order valence-electron chi connectivity index (χ2n) is 5.38. The normalized spacial score (nSPS) is 17.7. The molecule has 1 aromatic rings. The Morgan fingerprint density at radius 3 is 2.83 bits per heavy atom. The van der Waals surface area contributed by atoms with Crippen LogP contribution in [0.15, 0.2) is 21.2 Å². The van der Waals surface area contributed by atoms with Gasteiger partial charge in [-0.1, -0.05) is 0 Å². The minimum Gasteiger partial charge on any atom is -0.454 e. The highest BCUT2D eigenvalue weighted by molar-refractivity contribution is 9.10. The van der Waals surface area contributed by atoms with Gasteiger partial charge in [0.15, 0.2) is 17.0 Å². The van der Waals surface area contributed by atoms with Crippen molar-refractivity contribution in [3.8, 4) is 0 Å². The third kappa shape index (κ3) is 5.09. The lowest BCUT2D eigenvalue weighted by molar-refractivity contribution is -0.152. The first kappa shape index (κ1) is 17.5. The van der Waals surface area contributed by atoms with E-state index in [1.165, 1.54) is 6.07 Å². The van der Waals surface area contributed by atoms with Gasteiger partial charge < -0.3 is 19.4 Å². The summed E-state index contributed by atoms with van der Waals surface area (Å²) in [5.41, 5.74) is 0. The van der Waals surface area contributed by atoms with Gasteiger partial charge in [-0.2, -0.15) is 0 Å². The van der Waals surface area contributed by atoms with E-state index >= 15 is 0 Å². The zero-order valence-corrected chi connectivity index (χ0v) is 14.4. The molecular formula is C15H19BrN2O5. The number of nitrogens with one attached hydrogen (secondary N) is 1. The van der Waals surface area contributed by atoms with Crippen molar-refractivity contribution >= 4 is 33.7 Å². The number of esters is 1. The fourth-order valence-electron chi connectivity index (χ4n) is 2.42. The molecule has 1 aliphatic heterocycles. The summed E-state index contributed by atoms with van der Waals surface area (Å²) < 4.78 is 10.4. The molecule has 23 heavy (non-hydrogen) atoms. The number of amides is 2. The minimum atomic E-state index is -0.665. The van der Waals surface area contributed by atoms with Crippen molar-refractivity contribution in [3.05, 3.63) is 22.6 Å². The number of halogens is 1. The largest absolute Gasteiger partial charge is 0.454 e. The average Bonchev–Trinajstić information content (AvgIpc) is 2.97. The fourth-order valence-corrected chi connectivity index (χ4v) is 2.73. The molecule has 0 unspecified atom stereocenters. The van der Waals surface area contributed by atoms with Crippen LogP contribution in [0.25, 0.3) is 0 Å². The van der Waals surface area contributed by atoms with E-state index in [1.54, 1.807) is 11.0 Å². The summed E-state index contributed by atoms with van der Waals surface area (Å²) >= 11 is 3.08. The molecule has 1 N–H and O–H groups in total. The molecule has 8 heteroatoms. The lowest BCUT2D eigenvalue weighted by Gasteiger charge is -2.33. The molecule has 126 valence electrons. The molecule has 2 heterocycles. The molecule has 0 aliphatic carbocycles. The first-order chi connectivity index (χ1) is 11.0. The second-order valence-corrected chi connectivity index (χ2v) is 6.16. The fraction of sp³-hybridized carbons (Fsp3) is 0.533. The topological polar surface area (TPSA) is 88.9 Å². The van der Waals surface area contributed by atoms with Crippen LogP contribution in [0.4, 0.5) is 0 Å².